The molecule has 0 aliphatic heterocycles. The lowest BCUT2D eigenvalue weighted by molar-refractivity contribution is 0.0976. The highest BCUT2D eigenvalue weighted by molar-refractivity contribution is 6.10. The number of anilines is 1. The fourth-order valence-electron chi connectivity index (χ4n) is 3.58. The minimum Gasteiger partial charge on any atom is -0.497 e. The van der Waals surface area contributed by atoms with Crippen LogP contribution in [0.2, 0.25) is 0 Å². The zero-order valence-corrected chi connectivity index (χ0v) is 18.2. The molecule has 0 bridgehead atoms. The summed E-state index contributed by atoms with van der Waals surface area (Å²) in [6.45, 7) is 2.43. The summed E-state index contributed by atoms with van der Waals surface area (Å²) in [5.41, 5.74) is 4.60. The first-order valence-corrected chi connectivity index (χ1v) is 10.5. The largest absolute Gasteiger partial charge is 0.497 e. The van der Waals surface area contributed by atoms with Gasteiger partial charge in [-0.15, -0.1) is 0 Å². The second-order valence-electron chi connectivity index (χ2n) is 7.47. The van der Waals surface area contributed by atoms with Crippen molar-refractivity contribution in [3.8, 4) is 5.75 Å². The summed E-state index contributed by atoms with van der Waals surface area (Å²) < 4.78 is 5.30. The number of benzene rings is 3. The minimum atomic E-state index is -0.204. The van der Waals surface area contributed by atoms with E-state index in [1.54, 1.807) is 13.2 Å². The Morgan fingerprint density at radius 1 is 1.03 bits per heavy atom. The number of aromatic nitrogens is 1. The Labute approximate surface area is 187 Å². The van der Waals surface area contributed by atoms with Gasteiger partial charge in [0.15, 0.2) is 0 Å². The van der Waals surface area contributed by atoms with Gasteiger partial charge >= 0.3 is 0 Å². The third kappa shape index (κ3) is 4.98. The van der Waals surface area contributed by atoms with E-state index in [1.165, 1.54) is 10.9 Å². The number of guanidine groups is 1. The Balaban J connectivity index is 1.54. The number of nitrogens with one attached hydrogen (secondary N) is 3. The highest BCUT2D eigenvalue weighted by Gasteiger charge is 2.12. The van der Waals surface area contributed by atoms with Crippen molar-refractivity contribution >= 4 is 28.5 Å². The maximum atomic E-state index is 12.9. The van der Waals surface area contributed by atoms with Gasteiger partial charge in [-0.05, 0) is 48.7 Å². The molecule has 0 fully saturated rings. The molecule has 1 heterocycles. The van der Waals surface area contributed by atoms with Crippen molar-refractivity contribution in [1.82, 2.24) is 10.3 Å². The van der Waals surface area contributed by atoms with E-state index >= 15 is 0 Å². The summed E-state index contributed by atoms with van der Waals surface area (Å²) in [6.07, 6.45) is 2.76. The summed E-state index contributed by atoms with van der Waals surface area (Å²) in [7, 11) is 1.62. The van der Waals surface area contributed by atoms with Gasteiger partial charge in [0.25, 0.3) is 5.91 Å². The Bertz CT molecular complexity index is 1260. The number of rotatable bonds is 6. The molecule has 0 unspecified atom stereocenters. The lowest BCUT2D eigenvalue weighted by atomic mass is 10.1. The molecule has 6 heteroatoms. The molecular weight excluding hydrogens is 400 g/mol. The predicted molar refractivity (Wildman–Crippen MR) is 130 cm³/mol. The summed E-state index contributed by atoms with van der Waals surface area (Å²) >= 11 is 0. The highest BCUT2D eigenvalue weighted by Crippen LogP contribution is 2.19. The number of amides is 1. The number of fused-ring (bicyclic) bond motifs is 1. The van der Waals surface area contributed by atoms with E-state index in [0.717, 1.165) is 28.9 Å². The number of aryl methyl sites for hydroxylation is 1. The first-order chi connectivity index (χ1) is 15.6. The number of ether oxygens (including phenoxy) is 1. The van der Waals surface area contributed by atoms with E-state index in [9.17, 15) is 4.79 Å². The van der Waals surface area contributed by atoms with Crippen molar-refractivity contribution in [2.24, 2.45) is 4.99 Å². The first-order valence-electron chi connectivity index (χ1n) is 10.5. The van der Waals surface area contributed by atoms with Crippen LogP contribution in [0.5, 0.6) is 5.75 Å². The molecule has 0 aliphatic carbocycles. The number of carbonyl (C=O) groups excluding carboxylic acids is 1. The number of H-pyrrole nitrogens is 1. The number of para-hydroxylation sites is 1. The van der Waals surface area contributed by atoms with Crippen LogP contribution < -0.4 is 15.4 Å². The van der Waals surface area contributed by atoms with Gasteiger partial charge in [0, 0.05) is 41.0 Å². The van der Waals surface area contributed by atoms with Crippen molar-refractivity contribution in [3.05, 3.63) is 95.7 Å². The number of nitrogens with zero attached hydrogens (tertiary/aromatic N) is 1. The lowest BCUT2D eigenvalue weighted by Crippen LogP contribution is -2.36. The number of hydrogen-bond acceptors (Lipinski definition) is 3. The monoisotopic (exact) mass is 426 g/mol. The summed E-state index contributed by atoms with van der Waals surface area (Å²) in [4.78, 5) is 20.9. The molecule has 0 aliphatic rings. The molecule has 4 aromatic rings. The van der Waals surface area contributed by atoms with Crippen LogP contribution in [0.4, 0.5) is 5.69 Å². The molecule has 0 saturated carbocycles. The maximum absolute atomic E-state index is 12.9. The molecular formula is C26H26N4O2. The smallest absolute Gasteiger partial charge is 0.258 e. The van der Waals surface area contributed by atoms with Gasteiger partial charge < -0.3 is 15.0 Å². The van der Waals surface area contributed by atoms with E-state index in [2.05, 4.69) is 32.7 Å². The average Bonchev–Trinajstić information content (AvgIpc) is 3.22. The lowest BCUT2D eigenvalue weighted by Gasteiger charge is -2.13. The molecule has 1 amide bonds. The van der Waals surface area contributed by atoms with Crippen molar-refractivity contribution in [3.63, 3.8) is 0 Å². The maximum Gasteiger partial charge on any atom is 0.258 e. The summed E-state index contributed by atoms with van der Waals surface area (Å²) in [6, 6.07) is 23.2. The molecule has 0 radical (unpaired) electrons. The molecule has 3 aromatic carbocycles. The van der Waals surface area contributed by atoms with Crippen LogP contribution in [-0.2, 0) is 6.42 Å². The SMILES string of the molecule is COc1cccc(NC(=NCCc2c[nH]c3ccccc23)NC(=O)c2ccccc2C)c1. The number of aromatic amines is 1. The van der Waals surface area contributed by atoms with Gasteiger partial charge in [-0.2, -0.15) is 0 Å². The van der Waals surface area contributed by atoms with Crippen LogP contribution in [0, 0.1) is 6.92 Å². The van der Waals surface area contributed by atoms with Gasteiger partial charge in [0.05, 0.1) is 7.11 Å². The number of aliphatic imine (C=N–C) groups is 1. The van der Waals surface area contributed by atoms with E-state index in [1.807, 2.05) is 67.7 Å². The van der Waals surface area contributed by atoms with Crippen LogP contribution in [-0.4, -0.2) is 30.5 Å². The van der Waals surface area contributed by atoms with Crippen molar-refractivity contribution in [2.45, 2.75) is 13.3 Å². The number of methoxy groups -OCH3 is 1. The minimum absolute atomic E-state index is 0.204. The highest BCUT2D eigenvalue weighted by atomic mass is 16.5. The van der Waals surface area contributed by atoms with Gasteiger partial charge in [-0.1, -0.05) is 42.5 Å². The van der Waals surface area contributed by atoms with Crippen LogP contribution in [0.15, 0.2) is 84.0 Å². The molecule has 6 nitrogen and oxygen atoms in total. The van der Waals surface area contributed by atoms with Crippen molar-refractivity contribution in [1.29, 1.82) is 0 Å². The standard InChI is InChI=1S/C26H26N4O2/c1-18-8-3-4-11-22(18)25(31)30-26(29-20-9-7-10-21(16-20)32-2)27-15-14-19-17-28-24-13-6-5-12-23(19)24/h3-13,16-17,28H,14-15H2,1-2H3,(H2,27,29,30,31). The third-order valence-corrected chi connectivity index (χ3v) is 5.28. The number of carbonyl (C=O) groups is 1. The van der Waals surface area contributed by atoms with Gasteiger partial charge in [0.1, 0.15) is 5.75 Å². The van der Waals surface area contributed by atoms with Gasteiger partial charge in [-0.3, -0.25) is 15.1 Å². The molecule has 0 saturated heterocycles. The molecule has 0 atom stereocenters. The Hall–Kier alpha value is -4.06. The van der Waals surface area contributed by atoms with Crippen LogP contribution in [0.25, 0.3) is 10.9 Å². The molecule has 32 heavy (non-hydrogen) atoms. The third-order valence-electron chi connectivity index (χ3n) is 5.28. The van der Waals surface area contributed by atoms with Crippen LogP contribution in [0.1, 0.15) is 21.5 Å². The predicted octanol–water partition coefficient (Wildman–Crippen LogP) is 4.93. The van der Waals surface area contributed by atoms with Crippen LogP contribution in [0.3, 0.4) is 0 Å². The average molecular weight is 427 g/mol. The molecule has 4 rings (SSSR count). The Morgan fingerprint density at radius 2 is 1.84 bits per heavy atom. The zero-order valence-electron chi connectivity index (χ0n) is 18.2. The zero-order chi connectivity index (χ0) is 22.3. The normalized spacial score (nSPS) is 11.4. The molecule has 162 valence electrons. The second kappa shape index (κ2) is 9.83. The topological polar surface area (TPSA) is 78.5 Å². The second-order valence-corrected chi connectivity index (χ2v) is 7.47. The van der Waals surface area contributed by atoms with Crippen LogP contribution >= 0.6 is 0 Å². The summed E-state index contributed by atoms with van der Waals surface area (Å²) in [5.74, 6) is 0.911. The first kappa shape index (κ1) is 21.2. The van der Waals surface area contributed by atoms with Crippen molar-refractivity contribution < 1.29 is 9.53 Å². The van der Waals surface area contributed by atoms with Gasteiger partial charge in [0.2, 0.25) is 5.96 Å². The van der Waals surface area contributed by atoms with E-state index in [-0.39, 0.29) is 5.91 Å². The quantitative estimate of drug-likeness (QED) is 0.302. The van der Waals surface area contributed by atoms with Gasteiger partial charge in [-0.25, -0.2) is 0 Å². The summed E-state index contributed by atoms with van der Waals surface area (Å²) in [5, 5.41) is 7.34. The Kier molecular flexibility index (Phi) is 6.51. The van der Waals surface area contributed by atoms with E-state index < -0.39 is 0 Å². The molecule has 0 spiro atoms. The molecule has 3 N–H and O–H groups in total. The Morgan fingerprint density at radius 3 is 2.69 bits per heavy atom. The fraction of sp³-hybridized carbons (Fsp3) is 0.154. The number of hydrogen-bond donors (Lipinski definition) is 3. The van der Waals surface area contributed by atoms with E-state index in [4.69, 9.17) is 4.74 Å². The van der Waals surface area contributed by atoms with Crippen molar-refractivity contribution in [2.75, 3.05) is 19.0 Å². The van der Waals surface area contributed by atoms with E-state index in [0.29, 0.717) is 18.1 Å². The fourth-order valence-corrected chi connectivity index (χ4v) is 3.58. The molecule has 1 aromatic heterocycles.